The van der Waals surface area contributed by atoms with Crippen molar-refractivity contribution in [3.05, 3.63) is 93.5 Å². The summed E-state index contributed by atoms with van der Waals surface area (Å²) in [4.78, 5) is 30.5. The molecule has 0 unspecified atom stereocenters. The van der Waals surface area contributed by atoms with Crippen LogP contribution in [0.4, 0.5) is 8.78 Å². The maximum atomic E-state index is 14.9. The van der Waals surface area contributed by atoms with Gasteiger partial charge in [-0.3, -0.25) is 9.59 Å². The SMILES string of the molecule is COc1ccc(F)c(CN(C(=O)C2=C(c3ccc(OCCOc4cc(F)ccc4Br)cc3)C[C@@H]3CN(C(C)=O)C[C@H]2N3)C2CC2)c1. The van der Waals surface area contributed by atoms with E-state index in [1.807, 2.05) is 24.3 Å². The monoisotopic (exact) mass is 695 g/mol. The van der Waals surface area contributed by atoms with Gasteiger partial charge in [0.2, 0.25) is 5.91 Å². The van der Waals surface area contributed by atoms with Gasteiger partial charge in [-0.05, 0) is 88.8 Å². The molecule has 46 heavy (non-hydrogen) atoms. The number of piperazine rings is 1. The van der Waals surface area contributed by atoms with E-state index in [0.717, 1.165) is 24.0 Å². The molecule has 2 aliphatic heterocycles. The summed E-state index contributed by atoms with van der Waals surface area (Å²) in [6.07, 6.45) is 2.27. The van der Waals surface area contributed by atoms with Crippen molar-refractivity contribution in [1.29, 1.82) is 0 Å². The van der Waals surface area contributed by atoms with Crippen LogP contribution < -0.4 is 19.5 Å². The lowest BCUT2D eigenvalue weighted by molar-refractivity contribution is -0.132. The van der Waals surface area contributed by atoms with Crippen molar-refractivity contribution in [3.63, 3.8) is 0 Å². The van der Waals surface area contributed by atoms with E-state index in [9.17, 15) is 18.4 Å². The molecule has 1 saturated heterocycles. The van der Waals surface area contributed by atoms with E-state index in [1.54, 1.807) is 34.9 Å². The van der Waals surface area contributed by atoms with Crippen LogP contribution in [0.3, 0.4) is 0 Å². The van der Waals surface area contributed by atoms with Gasteiger partial charge in [-0.1, -0.05) is 12.1 Å². The van der Waals surface area contributed by atoms with Gasteiger partial charge in [0.1, 0.15) is 42.1 Å². The quantitative estimate of drug-likeness (QED) is 0.258. The van der Waals surface area contributed by atoms with Crippen molar-refractivity contribution >= 4 is 33.3 Å². The summed E-state index contributed by atoms with van der Waals surface area (Å²) in [5.41, 5.74) is 2.82. The molecule has 6 rings (SSSR count). The topological polar surface area (TPSA) is 80.3 Å². The van der Waals surface area contributed by atoms with Crippen molar-refractivity contribution in [2.45, 2.75) is 50.9 Å². The van der Waals surface area contributed by atoms with Crippen LogP contribution in [-0.4, -0.2) is 73.2 Å². The number of nitrogens with one attached hydrogen (secondary N) is 1. The first-order valence-corrected chi connectivity index (χ1v) is 16.2. The minimum absolute atomic E-state index is 0.00498. The summed E-state index contributed by atoms with van der Waals surface area (Å²) in [5.74, 6) is 0.607. The van der Waals surface area contributed by atoms with Gasteiger partial charge in [0.05, 0.1) is 17.6 Å². The van der Waals surface area contributed by atoms with Gasteiger partial charge >= 0.3 is 0 Å². The van der Waals surface area contributed by atoms with Crippen LogP contribution in [-0.2, 0) is 16.1 Å². The Morgan fingerprint density at radius 2 is 1.72 bits per heavy atom. The number of ether oxygens (including phenoxy) is 3. The molecule has 2 amide bonds. The molecule has 3 aliphatic rings. The summed E-state index contributed by atoms with van der Waals surface area (Å²) < 4.78 is 46.0. The standard InChI is InChI=1S/C35H36BrF2N3O5/c1-21(42)40-19-25-17-29(22-3-8-27(9-4-22)45-13-14-46-33-16-24(37)5-11-30(33)36)34(32(20-40)39-25)35(43)41(26-6-7-26)18-23-15-28(44-2)10-12-31(23)38/h3-5,8-12,15-16,25-26,32,39H,6-7,13-14,17-20H2,1-2H3/t25-,32-/m1/s1. The highest BCUT2D eigenvalue weighted by Gasteiger charge is 2.43. The van der Waals surface area contributed by atoms with Crippen LogP contribution in [0.1, 0.15) is 37.3 Å². The average molecular weight is 697 g/mol. The molecule has 1 saturated carbocycles. The van der Waals surface area contributed by atoms with Gasteiger partial charge in [-0.2, -0.15) is 0 Å². The van der Waals surface area contributed by atoms with Crippen molar-refractivity contribution < 1.29 is 32.6 Å². The van der Waals surface area contributed by atoms with Crippen molar-refractivity contribution in [2.75, 3.05) is 33.4 Å². The molecule has 242 valence electrons. The highest BCUT2D eigenvalue weighted by Crippen LogP contribution is 2.38. The Balaban J connectivity index is 1.24. The number of carbonyl (C=O) groups is 2. The fraction of sp³-hybridized carbons (Fsp3) is 0.371. The second-order valence-corrected chi connectivity index (χ2v) is 12.7. The molecule has 2 atom stereocenters. The van der Waals surface area contributed by atoms with Gasteiger partial charge < -0.3 is 29.3 Å². The molecular weight excluding hydrogens is 660 g/mol. The lowest BCUT2D eigenvalue weighted by Crippen LogP contribution is -2.61. The zero-order valence-corrected chi connectivity index (χ0v) is 27.3. The molecule has 1 aliphatic carbocycles. The van der Waals surface area contributed by atoms with Crippen LogP contribution in [0.25, 0.3) is 5.57 Å². The van der Waals surface area contributed by atoms with Crippen LogP contribution in [0.15, 0.2) is 70.7 Å². The second-order valence-electron chi connectivity index (χ2n) is 11.9. The zero-order valence-electron chi connectivity index (χ0n) is 25.7. The number of rotatable bonds is 11. The number of hydrogen-bond acceptors (Lipinski definition) is 6. The van der Waals surface area contributed by atoms with E-state index in [-0.39, 0.29) is 61.3 Å². The summed E-state index contributed by atoms with van der Waals surface area (Å²) in [7, 11) is 1.53. The third-order valence-corrected chi connectivity index (χ3v) is 9.28. The molecule has 0 radical (unpaired) electrons. The Morgan fingerprint density at radius 1 is 0.978 bits per heavy atom. The van der Waals surface area contributed by atoms with Crippen molar-refractivity contribution in [2.24, 2.45) is 0 Å². The van der Waals surface area contributed by atoms with Crippen molar-refractivity contribution in [1.82, 2.24) is 15.1 Å². The summed E-state index contributed by atoms with van der Waals surface area (Å²) >= 11 is 3.35. The third-order valence-electron chi connectivity index (χ3n) is 8.63. The molecule has 11 heteroatoms. The molecule has 3 aromatic rings. The predicted octanol–water partition coefficient (Wildman–Crippen LogP) is 5.73. The molecule has 1 N–H and O–H groups in total. The van der Waals surface area contributed by atoms with Crippen LogP contribution in [0, 0.1) is 11.6 Å². The lowest BCUT2D eigenvalue weighted by atomic mass is 9.82. The van der Waals surface area contributed by atoms with Crippen LogP contribution in [0.2, 0.25) is 0 Å². The molecule has 3 aromatic carbocycles. The molecule has 0 spiro atoms. The maximum absolute atomic E-state index is 14.9. The molecular formula is C35H36BrF2N3O5. The number of benzene rings is 3. The molecule has 0 aromatic heterocycles. The number of carbonyl (C=O) groups excluding carboxylic acids is 2. The fourth-order valence-electron chi connectivity index (χ4n) is 6.17. The normalized spacial score (nSPS) is 19.1. The van der Waals surface area contributed by atoms with E-state index in [1.165, 1.54) is 25.3 Å². The molecule has 2 bridgehead atoms. The Kier molecular flexibility index (Phi) is 9.60. The summed E-state index contributed by atoms with van der Waals surface area (Å²) in [6.45, 7) is 3.08. The van der Waals surface area contributed by atoms with Gasteiger partial charge in [0, 0.05) is 55.8 Å². The van der Waals surface area contributed by atoms with E-state index in [2.05, 4.69) is 21.2 Å². The second kappa shape index (κ2) is 13.8. The predicted molar refractivity (Wildman–Crippen MR) is 173 cm³/mol. The Morgan fingerprint density at radius 3 is 2.43 bits per heavy atom. The molecule has 2 fully saturated rings. The minimum Gasteiger partial charge on any atom is -0.497 e. The number of methoxy groups -OCH3 is 1. The number of hydrogen-bond donors (Lipinski definition) is 1. The van der Waals surface area contributed by atoms with Crippen molar-refractivity contribution in [3.8, 4) is 17.2 Å². The number of amides is 2. The fourth-order valence-corrected chi connectivity index (χ4v) is 6.53. The average Bonchev–Trinajstić information content (AvgIpc) is 3.89. The van der Waals surface area contributed by atoms with Gasteiger partial charge in [0.15, 0.2) is 0 Å². The van der Waals surface area contributed by atoms with Gasteiger partial charge in [-0.15, -0.1) is 0 Å². The van der Waals surface area contributed by atoms with Crippen LogP contribution in [0.5, 0.6) is 17.2 Å². The first kappa shape index (κ1) is 32.0. The zero-order chi connectivity index (χ0) is 32.4. The minimum atomic E-state index is -0.389. The van der Waals surface area contributed by atoms with Gasteiger partial charge in [-0.25, -0.2) is 8.78 Å². The Labute approximate surface area is 275 Å². The first-order chi connectivity index (χ1) is 22.2. The Hall–Kier alpha value is -3.96. The van der Waals surface area contributed by atoms with E-state index in [4.69, 9.17) is 14.2 Å². The number of halogens is 3. The lowest BCUT2D eigenvalue weighted by Gasteiger charge is -2.44. The highest BCUT2D eigenvalue weighted by atomic mass is 79.9. The largest absolute Gasteiger partial charge is 0.497 e. The number of fused-ring (bicyclic) bond motifs is 2. The summed E-state index contributed by atoms with van der Waals surface area (Å²) in [6, 6.07) is 16.1. The van der Waals surface area contributed by atoms with Gasteiger partial charge in [0.25, 0.3) is 5.91 Å². The molecule has 8 nitrogen and oxygen atoms in total. The van der Waals surface area contributed by atoms with E-state index in [0.29, 0.717) is 52.4 Å². The third kappa shape index (κ3) is 7.20. The smallest absolute Gasteiger partial charge is 0.252 e. The maximum Gasteiger partial charge on any atom is 0.252 e. The highest BCUT2D eigenvalue weighted by molar-refractivity contribution is 9.10. The Bertz CT molecular complexity index is 1650. The molecule has 2 heterocycles. The van der Waals surface area contributed by atoms with E-state index >= 15 is 0 Å². The summed E-state index contributed by atoms with van der Waals surface area (Å²) in [5, 5.41) is 3.58. The number of nitrogens with zero attached hydrogens (tertiary/aromatic N) is 2. The van der Waals surface area contributed by atoms with E-state index < -0.39 is 0 Å². The van der Waals surface area contributed by atoms with Crippen LogP contribution >= 0.6 is 15.9 Å². The first-order valence-electron chi connectivity index (χ1n) is 15.4.